The van der Waals surface area contributed by atoms with E-state index >= 15 is 0 Å². The van der Waals surface area contributed by atoms with Crippen LogP contribution in [0.5, 0.6) is 0 Å². The first-order valence-corrected chi connectivity index (χ1v) is 7.14. The van der Waals surface area contributed by atoms with E-state index in [4.69, 9.17) is 5.11 Å². The number of hydrogen-bond acceptors (Lipinski definition) is 3. The third kappa shape index (κ3) is 3.44. The van der Waals surface area contributed by atoms with Gasteiger partial charge in [0.05, 0.1) is 12.3 Å². The van der Waals surface area contributed by atoms with Gasteiger partial charge >= 0.3 is 0 Å². The van der Waals surface area contributed by atoms with Crippen LogP contribution in [0.3, 0.4) is 0 Å². The lowest BCUT2D eigenvalue weighted by Crippen LogP contribution is -2.28. The molecule has 96 valence electrons. The fourth-order valence-corrected chi connectivity index (χ4v) is 2.34. The van der Waals surface area contributed by atoms with Crippen LogP contribution in [0.2, 0.25) is 0 Å². The maximum absolute atomic E-state index is 11.8. The van der Waals surface area contributed by atoms with Crippen molar-refractivity contribution >= 4 is 15.7 Å². The topological polar surface area (TPSA) is 66.4 Å². The van der Waals surface area contributed by atoms with E-state index in [1.165, 1.54) is 6.92 Å². The number of aliphatic hydroxyl groups is 1. The van der Waals surface area contributed by atoms with E-state index in [-0.39, 0.29) is 12.5 Å². The molecule has 2 N–H and O–H groups in total. The fraction of sp³-hybridized carbons (Fsp3) is 0.500. The van der Waals surface area contributed by atoms with Crippen LogP contribution >= 0.6 is 0 Å². The lowest BCUT2D eigenvalue weighted by Gasteiger charge is -2.17. The third-order valence-electron chi connectivity index (χ3n) is 2.62. The molecule has 1 aromatic rings. The zero-order chi connectivity index (χ0) is 13.1. The number of nitrogens with one attached hydrogen (secondary N) is 1. The highest BCUT2D eigenvalue weighted by atomic mass is 32.2. The maximum atomic E-state index is 11.8. The SMILES string of the molecule is CC(C)c1ccccc1NS(=O)(=O)C(C)CO. The Labute approximate surface area is 103 Å². The molecule has 1 unspecified atom stereocenters. The van der Waals surface area contributed by atoms with Crippen LogP contribution in [0.25, 0.3) is 0 Å². The number of rotatable bonds is 5. The van der Waals surface area contributed by atoms with Gasteiger partial charge in [0.1, 0.15) is 5.25 Å². The molecule has 1 rings (SSSR count). The van der Waals surface area contributed by atoms with Crippen molar-refractivity contribution in [3.8, 4) is 0 Å². The van der Waals surface area contributed by atoms with Gasteiger partial charge in [-0.25, -0.2) is 8.42 Å². The zero-order valence-corrected chi connectivity index (χ0v) is 11.2. The third-order valence-corrected chi connectivity index (χ3v) is 4.33. The summed E-state index contributed by atoms with van der Waals surface area (Å²) in [5, 5.41) is 8.09. The van der Waals surface area contributed by atoms with Crippen LogP contribution in [0.15, 0.2) is 24.3 Å². The summed E-state index contributed by atoms with van der Waals surface area (Å²) in [4.78, 5) is 0. The standard InChI is InChI=1S/C12H19NO3S/c1-9(2)11-6-4-5-7-12(11)13-17(15,16)10(3)8-14/h4-7,9-10,13-14H,8H2,1-3H3. The summed E-state index contributed by atoms with van der Waals surface area (Å²) < 4.78 is 26.2. The highest BCUT2D eigenvalue weighted by Crippen LogP contribution is 2.25. The smallest absolute Gasteiger partial charge is 0.237 e. The molecular weight excluding hydrogens is 238 g/mol. The van der Waals surface area contributed by atoms with E-state index in [1.807, 2.05) is 26.0 Å². The Morgan fingerprint density at radius 2 is 1.82 bits per heavy atom. The van der Waals surface area contributed by atoms with Crippen LogP contribution in [0.1, 0.15) is 32.3 Å². The molecule has 17 heavy (non-hydrogen) atoms. The predicted molar refractivity (Wildman–Crippen MR) is 69.6 cm³/mol. The van der Waals surface area contributed by atoms with Crippen molar-refractivity contribution in [3.05, 3.63) is 29.8 Å². The van der Waals surface area contributed by atoms with Crippen molar-refractivity contribution in [1.82, 2.24) is 0 Å². The van der Waals surface area contributed by atoms with Crippen molar-refractivity contribution in [3.63, 3.8) is 0 Å². The summed E-state index contributed by atoms with van der Waals surface area (Å²) in [5.41, 5.74) is 1.53. The first-order chi connectivity index (χ1) is 7.88. The van der Waals surface area contributed by atoms with E-state index in [1.54, 1.807) is 12.1 Å². The van der Waals surface area contributed by atoms with Crippen molar-refractivity contribution in [2.24, 2.45) is 0 Å². The summed E-state index contributed by atoms with van der Waals surface area (Å²) in [7, 11) is -3.52. The molecule has 0 amide bonds. The molecule has 0 bridgehead atoms. The van der Waals surface area contributed by atoms with E-state index in [9.17, 15) is 8.42 Å². The Kier molecular flexibility index (Phi) is 4.54. The van der Waals surface area contributed by atoms with Gasteiger partial charge < -0.3 is 5.11 Å². The molecule has 0 aromatic heterocycles. The molecule has 1 aromatic carbocycles. The van der Waals surface area contributed by atoms with Crippen molar-refractivity contribution in [1.29, 1.82) is 0 Å². The summed E-state index contributed by atoms with van der Waals surface area (Å²) in [6.07, 6.45) is 0. The summed E-state index contributed by atoms with van der Waals surface area (Å²) in [6.45, 7) is 5.09. The number of hydrogen-bond donors (Lipinski definition) is 2. The van der Waals surface area contributed by atoms with Gasteiger partial charge in [0.25, 0.3) is 0 Å². The summed E-state index contributed by atoms with van der Waals surface area (Å²) >= 11 is 0. The number of benzene rings is 1. The Morgan fingerprint density at radius 1 is 1.24 bits per heavy atom. The number of para-hydroxylation sites is 1. The fourth-order valence-electron chi connectivity index (χ4n) is 1.45. The molecule has 0 saturated carbocycles. The highest BCUT2D eigenvalue weighted by molar-refractivity contribution is 7.93. The van der Waals surface area contributed by atoms with Crippen molar-refractivity contribution < 1.29 is 13.5 Å². The second kappa shape index (κ2) is 5.51. The second-order valence-electron chi connectivity index (χ2n) is 4.38. The first kappa shape index (κ1) is 14.0. The molecule has 0 aliphatic carbocycles. The summed E-state index contributed by atoms with van der Waals surface area (Å²) in [6, 6.07) is 7.29. The van der Waals surface area contributed by atoms with E-state index in [2.05, 4.69) is 4.72 Å². The lowest BCUT2D eigenvalue weighted by atomic mass is 10.0. The number of sulfonamides is 1. The van der Waals surface area contributed by atoms with E-state index in [0.29, 0.717) is 5.69 Å². The number of anilines is 1. The quantitative estimate of drug-likeness (QED) is 0.847. The van der Waals surface area contributed by atoms with Gasteiger partial charge in [-0.2, -0.15) is 0 Å². The minimum atomic E-state index is -3.52. The van der Waals surface area contributed by atoms with Crippen LogP contribution in [-0.2, 0) is 10.0 Å². The Morgan fingerprint density at radius 3 is 2.35 bits per heavy atom. The molecule has 0 aliphatic heterocycles. The highest BCUT2D eigenvalue weighted by Gasteiger charge is 2.21. The van der Waals surface area contributed by atoms with Crippen molar-refractivity contribution in [2.45, 2.75) is 31.9 Å². The molecule has 4 nitrogen and oxygen atoms in total. The van der Waals surface area contributed by atoms with Crippen LogP contribution < -0.4 is 4.72 Å². The van der Waals surface area contributed by atoms with Crippen molar-refractivity contribution in [2.75, 3.05) is 11.3 Å². The van der Waals surface area contributed by atoms with Gasteiger partial charge in [0, 0.05) is 0 Å². The molecule has 0 aliphatic rings. The molecule has 0 spiro atoms. The Hall–Kier alpha value is -1.07. The molecule has 5 heteroatoms. The molecule has 0 fully saturated rings. The first-order valence-electron chi connectivity index (χ1n) is 5.60. The van der Waals surface area contributed by atoms with E-state index in [0.717, 1.165) is 5.56 Å². The van der Waals surface area contributed by atoms with Gasteiger partial charge in [-0.1, -0.05) is 32.0 Å². The molecule has 0 heterocycles. The summed E-state index contributed by atoms with van der Waals surface area (Å²) in [5.74, 6) is 0.235. The molecule has 1 atom stereocenters. The van der Waals surface area contributed by atoms with Crippen LogP contribution in [0.4, 0.5) is 5.69 Å². The van der Waals surface area contributed by atoms with E-state index < -0.39 is 15.3 Å². The van der Waals surface area contributed by atoms with Gasteiger partial charge in [0.2, 0.25) is 10.0 Å². The lowest BCUT2D eigenvalue weighted by molar-refractivity contribution is 0.296. The zero-order valence-electron chi connectivity index (χ0n) is 10.3. The minimum Gasteiger partial charge on any atom is -0.395 e. The Bertz CT molecular complexity index is 468. The minimum absolute atomic E-state index is 0.235. The predicted octanol–water partition coefficient (Wildman–Crippen LogP) is 1.93. The van der Waals surface area contributed by atoms with Gasteiger partial charge in [-0.15, -0.1) is 0 Å². The van der Waals surface area contributed by atoms with Crippen LogP contribution in [-0.4, -0.2) is 25.4 Å². The largest absolute Gasteiger partial charge is 0.395 e. The normalized spacial score (nSPS) is 13.7. The average Bonchev–Trinajstić information content (AvgIpc) is 2.27. The molecule has 0 saturated heterocycles. The average molecular weight is 257 g/mol. The Balaban J connectivity index is 3.04. The monoisotopic (exact) mass is 257 g/mol. The molecule has 0 radical (unpaired) electrons. The van der Waals surface area contributed by atoms with Gasteiger partial charge in [-0.05, 0) is 24.5 Å². The second-order valence-corrected chi connectivity index (χ2v) is 6.48. The molecular formula is C12H19NO3S. The number of aliphatic hydroxyl groups excluding tert-OH is 1. The van der Waals surface area contributed by atoms with Gasteiger partial charge in [0.15, 0.2) is 0 Å². The van der Waals surface area contributed by atoms with Gasteiger partial charge in [-0.3, -0.25) is 4.72 Å². The van der Waals surface area contributed by atoms with Crippen LogP contribution in [0, 0.1) is 0 Å². The maximum Gasteiger partial charge on any atom is 0.237 e.